The second kappa shape index (κ2) is 8.50. The van der Waals surface area contributed by atoms with Crippen molar-refractivity contribution < 1.29 is 8.78 Å². The van der Waals surface area contributed by atoms with Gasteiger partial charge in [0.15, 0.2) is 5.82 Å². The molecule has 6 nitrogen and oxygen atoms in total. The average Bonchev–Trinajstić information content (AvgIpc) is 3.13. The lowest BCUT2D eigenvalue weighted by molar-refractivity contribution is 0.0582. The van der Waals surface area contributed by atoms with Crippen LogP contribution in [0, 0.1) is 28.4 Å². The summed E-state index contributed by atoms with van der Waals surface area (Å²) >= 11 is 6.36. The Morgan fingerprint density at radius 2 is 1.84 bits per heavy atom. The van der Waals surface area contributed by atoms with E-state index in [4.69, 9.17) is 11.6 Å². The van der Waals surface area contributed by atoms with Gasteiger partial charge in [0.2, 0.25) is 0 Å². The third kappa shape index (κ3) is 3.91. The van der Waals surface area contributed by atoms with Gasteiger partial charge in [-0.25, -0.2) is 8.78 Å². The molecule has 2 fully saturated rings. The topological polar surface area (TPSA) is 61.0 Å². The molecule has 0 radical (unpaired) electrons. The van der Waals surface area contributed by atoms with Gasteiger partial charge in [0.25, 0.3) is 0 Å². The molecule has 0 amide bonds. The molecule has 0 unspecified atom stereocenters. The number of rotatable bonds is 4. The van der Waals surface area contributed by atoms with E-state index in [-0.39, 0.29) is 11.3 Å². The van der Waals surface area contributed by atoms with Crippen LogP contribution in [0.3, 0.4) is 0 Å². The fourth-order valence-corrected chi connectivity index (χ4v) is 6.41. The molecule has 3 heterocycles. The van der Waals surface area contributed by atoms with E-state index in [1.165, 1.54) is 0 Å². The van der Waals surface area contributed by atoms with Crippen LogP contribution in [0.4, 0.5) is 14.5 Å². The smallest absolute Gasteiger partial charge is 0.151 e. The van der Waals surface area contributed by atoms with Gasteiger partial charge in [-0.3, -0.25) is 9.47 Å². The standard InChI is InChI=1S/C28H29ClF2N6/c1-4-17-8-24(22(31)9-21(17)30)35-15-28(16-35)10-19(11-28)26-34-33-25-13-36(27(2,3)14-32)12-18-7-20(29)5-6-23(18)37(25)26/h5-9,19H,4,10-13,15-16H2,1-3H3. The number of hydrogen-bond donors (Lipinski definition) is 0. The Morgan fingerprint density at radius 1 is 1.08 bits per heavy atom. The first-order valence-electron chi connectivity index (χ1n) is 12.8. The summed E-state index contributed by atoms with van der Waals surface area (Å²) in [5.41, 5.74) is 2.53. The number of hydrogen-bond acceptors (Lipinski definition) is 5. The van der Waals surface area contributed by atoms with Crippen LogP contribution in [-0.4, -0.2) is 38.3 Å². The molecule has 1 spiro atoms. The van der Waals surface area contributed by atoms with Gasteiger partial charge in [-0.1, -0.05) is 18.5 Å². The van der Waals surface area contributed by atoms with Gasteiger partial charge < -0.3 is 4.90 Å². The van der Waals surface area contributed by atoms with Crippen molar-refractivity contribution in [1.29, 1.82) is 5.26 Å². The molecule has 2 aliphatic heterocycles. The summed E-state index contributed by atoms with van der Waals surface area (Å²) in [6, 6.07) is 10.9. The van der Waals surface area contributed by atoms with E-state index in [1.54, 1.807) is 6.07 Å². The zero-order valence-corrected chi connectivity index (χ0v) is 22.0. The molecule has 1 saturated heterocycles. The fourth-order valence-electron chi connectivity index (χ4n) is 6.21. The van der Waals surface area contributed by atoms with Gasteiger partial charge in [-0.2, -0.15) is 5.26 Å². The predicted octanol–water partition coefficient (Wildman–Crippen LogP) is 5.76. The summed E-state index contributed by atoms with van der Waals surface area (Å²) < 4.78 is 30.6. The van der Waals surface area contributed by atoms with E-state index in [0.717, 1.165) is 54.9 Å². The Balaban J connectivity index is 1.25. The summed E-state index contributed by atoms with van der Waals surface area (Å²) in [4.78, 5) is 4.13. The monoisotopic (exact) mass is 522 g/mol. The number of fused-ring (bicyclic) bond motifs is 3. The average molecular weight is 523 g/mol. The maximum Gasteiger partial charge on any atom is 0.151 e. The number of aryl methyl sites for hydroxylation is 1. The lowest BCUT2D eigenvalue weighted by Crippen LogP contribution is -2.62. The molecule has 1 aromatic heterocycles. The number of aromatic nitrogens is 3. The first-order chi connectivity index (χ1) is 17.6. The largest absolute Gasteiger partial charge is 0.368 e. The van der Waals surface area contributed by atoms with Crippen molar-refractivity contribution in [3.8, 4) is 11.8 Å². The number of nitriles is 1. The summed E-state index contributed by atoms with van der Waals surface area (Å²) in [7, 11) is 0. The highest BCUT2D eigenvalue weighted by Crippen LogP contribution is 2.57. The van der Waals surface area contributed by atoms with E-state index in [2.05, 4.69) is 25.7 Å². The summed E-state index contributed by atoms with van der Waals surface area (Å²) in [5, 5.41) is 19.6. The summed E-state index contributed by atoms with van der Waals surface area (Å²) in [6.45, 7) is 8.31. The minimum atomic E-state index is -0.677. The normalized spacial score (nSPS) is 19.0. The maximum absolute atomic E-state index is 14.5. The Labute approximate surface area is 220 Å². The highest BCUT2D eigenvalue weighted by atomic mass is 35.5. The lowest BCUT2D eigenvalue weighted by Gasteiger charge is -2.59. The van der Waals surface area contributed by atoms with Gasteiger partial charge in [0.05, 0.1) is 24.0 Å². The van der Waals surface area contributed by atoms with E-state index >= 15 is 0 Å². The molecule has 9 heteroatoms. The Hall–Kier alpha value is -3.02. The molecular weight excluding hydrogens is 494 g/mol. The molecule has 2 aromatic carbocycles. The molecule has 37 heavy (non-hydrogen) atoms. The highest BCUT2D eigenvalue weighted by molar-refractivity contribution is 6.30. The SMILES string of the molecule is CCc1cc(N2CC3(CC(c4nnc5n4-c4ccc(Cl)cc4CN(C(C)(C)C#N)C5)C3)C2)c(F)cc1F. The van der Waals surface area contributed by atoms with Crippen LogP contribution in [0.5, 0.6) is 0 Å². The minimum Gasteiger partial charge on any atom is -0.368 e. The first kappa shape index (κ1) is 24.3. The van der Waals surface area contributed by atoms with Crippen molar-refractivity contribution in [1.82, 2.24) is 19.7 Å². The van der Waals surface area contributed by atoms with Crippen molar-refractivity contribution in [3.05, 3.63) is 69.8 Å². The molecule has 0 bridgehead atoms. The predicted molar refractivity (Wildman–Crippen MR) is 138 cm³/mol. The molecule has 0 N–H and O–H groups in total. The van der Waals surface area contributed by atoms with Crippen LogP contribution in [0.25, 0.3) is 5.69 Å². The zero-order chi connectivity index (χ0) is 26.1. The van der Waals surface area contributed by atoms with Crippen molar-refractivity contribution in [3.63, 3.8) is 0 Å². The second-order valence-electron chi connectivity index (χ2n) is 11.3. The van der Waals surface area contributed by atoms with Gasteiger partial charge in [0, 0.05) is 42.1 Å². The van der Waals surface area contributed by atoms with Crippen LogP contribution in [0.15, 0.2) is 30.3 Å². The summed E-state index contributed by atoms with van der Waals surface area (Å²) in [5.74, 6) is 1.01. The maximum atomic E-state index is 14.5. The van der Waals surface area contributed by atoms with Crippen LogP contribution >= 0.6 is 11.6 Å². The second-order valence-corrected chi connectivity index (χ2v) is 11.8. The van der Waals surface area contributed by atoms with Crippen LogP contribution in [0.1, 0.15) is 62.3 Å². The minimum absolute atomic E-state index is 0.118. The Kier molecular flexibility index (Phi) is 5.59. The molecule has 192 valence electrons. The number of halogens is 3. The van der Waals surface area contributed by atoms with E-state index < -0.39 is 17.2 Å². The van der Waals surface area contributed by atoms with Gasteiger partial charge in [0.1, 0.15) is 23.0 Å². The molecule has 1 aliphatic carbocycles. The molecule has 6 rings (SSSR count). The molecule has 1 saturated carbocycles. The van der Waals surface area contributed by atoms with Crippen LogP contribution in [0.2, 0.25) is 5.02 Å². The molecular formula is C28H29ClF2N6. The number of nitrogens with zero attached hydrogens (tertiary/aromatic N) is 6. The number of benzene rings is 2. The first-order valence-corrected chi connectivity index (χ1v) is 13.1. The van der Waals surface area contributed by atoms with Gasteiger partial charge in [-0.05, 0) is 68.5 Å². The van der Waals surface area contributed by atoms with Gasteiger partial charge in [-0.15, -0.1) is 10.2 Å². The third-order valence-corrected chi connectivity index (χ3v) is 8.64. The van der Waals surface area contributed by atoms with Crippen molar-refractivity contribution in [2.45, 2.75) is 64.6 Å². The molecule has 3 aromatic rings. The molecule has 0 atom stereocenters. The third-order valence-electron chi connectivity index (χ3n) is 8.41. The lowest BCUT2D eigenvalue weighted by atomic mass is 9.57. The van der Waals surface area contributed by atoms with Crippen LogP contribution in [-0.2, 0) is 19.5 Å². The van der Waals surface area contributed by atoms with Gasteiger partial charge >= 0.3 is 0 Å². The van der Waals surface area contributed by atoms with Crippen molar-refractivity contribution >= 4 is 17.3 Å². The highest BCUT2D eigenvalue weighted by Gasteiger charge is 2.54. The fraction of sp³-hybridized carbons (Fsp3) is 0.464. The van der Waals surface area contributed by atoms with Crippen molar-refractivity contribution in [2.24, 2.45) is 5.41 Å². The van der Waals surface area contributed by atoms with Crippen LogP contribution < -0.4 is 4.90 Å². The van der Waals surface area contributed by atoms with Crippen molar-refractivity contribution in [2.75, 3.05) is 18.0 Å². The zero-order valence-electron chi connectivity index (χ0n) is 21.2. The number of anilines is 1. The van der Waals surface area contributed by atoms with E-state index in [9.17, 15) is 14.0 Å². The Morgan fingerprint density at radius 3 is 2.54 bits per heavy atom. The van der Waals surface area contributed by atoms with E-state index in [0.29, 0.717) is 35.8 Å². The summed E-state index contributed by atoms with van der Waals surface area (Å²) in [6.07, 6.45) is 2.43. The quantitative estimate of drug-likeness (QED) is 0.436. The molecule has 3 aliphatic rings. The Bertz CT molecular complexity index is 1430. The van der Waals surface area contributed by atoms with E-state index in [1.807, 2.05) is 43.9 Å².